The molecule has 0 spiro atoms. The molecule has 3 rings (SSSR count). The van der Waals surface area contributed by atoms with Crippen LogP contribution in [0.25, 0.3) is 10.9 Å². The molecule has 6 heteroatoms. The van der Waals surface area contributed by atoms with E-state index in [1.807, 2.05) is 13.0 Å². The maximum Gasteiger partial charge on any atom is 0.306 e. The molecule has 6 nitrogen and oxygen atoms in total. The number of H-pyrrole nitrogens is 1. The average Bonchev–Trinajstić information content (AvgIpc) is 3.26. The fourth-order valence-corrected chi connectivity index (χ4v) is 2.98. The number of ether oxygens (including phenoxy) is 1. The number of hydrogen-bond acceptors (Lipinski definition) is 4. The molecular formula is C19H24N4O2. The highest BCUT2D eigenvalue weighted by Crippen LogP contribution is 2.20. The van der Waals surface area contributed by atoms with Crippen molar-refractivity contribution in [1.29, 1.82) is 0 Å². The Bertz CT molecular complexity index is 822. The molecular weight excluding hydrogens is 316 g/mol. The molecule has 1 aromatic carbocycles. The van der Waals surface area contributed by atoms with Crippen LogP contribution in [-0.4, -0.2) is 25.7 Å². The van der Waals surface area contributed by atoms with Crippen LogP contribution in [0.2, 0.25) is 0 Å². The zero-order valence-electron chi connectivity index (χ0n) is 14.6. The molecule has 0 saturated carbocycles. The lowest BCUT2D eigenvalue weighted by Gasteiger charge is -2.05. The predicted octanol–water partition coefficient (Wildman–Crippen LogP) is 3.63. The number of nitrogens with one attached hydrogen (secondary N) is 1. The molecule has 132 valence electrons. The van der Waals surface area contributed by atoms with Crippen molar-refractivity contribution in [2.45, 2.75) is 52.2 Å². The molecule has 2 aromatic heterocycles. The second-order valence-electron chi connectivity index (χ2n) is 6.07. The summed E-state index contributed by atoms with van der Waals surface area (Å²) in [5.74, 6) is 0.521. The Balaban J connectivity index is 1.33. The summed E-state index contributed by atoms with van der Waals surface area (Å²) in [5.41, 5.74) is 2.53. The number of aromatic amines is 1. The van der Waals surface area contributed by atoms with Crippen molar-refractivity contribution in [1.82, 2.24) is 19.7 Å². The molecule has 1 N–H and O–H groups in total. The first-order valence-corrected chi connectivity index (χ1v) is 8.85. The smallest absolute Gasteiger partial charge is 0.306 e. The van der Waals surface area contributed by atoms with Gasteiger partial charge in [-0.25, -0.2) is 9.67 Å². The maximum absolute atomic E-state index is 11.8. The summed E-state index contributed by atoms with van der Waals surface area (Å²) in [6, 6.07) is 8.34. The van der Waals surface area contributed by atoms with Crippen LogP contribution in [0.1, 0.15) is 44.0 Å². The summed E-state index contributed by atoms with van der Waals surface area (Å²) in [7, 11) is 0. The molecule has 0 aliphatic heterocycles. The largest absolute Gasteiger partial charge is 0.457 e. The van der Waals surface area contributed by atoms with Crippen molar-refractivity contribution in [3.63, 3.8) is 0 Å². The fraction of sp³-hybridized carbons (Fsp3) is 0.421. The van der Waals surface area contributed by atoms with Gasteiger partial charge in [-0.3, -0.25) is 4.79 Å². The summed E-state index contributed by atoms with van der Waals surface area (Å²) in [4.78, 5) is 19.2. The molecule has 0 fully saturated rings. The molecule has 0 aliphatic rings. The first kappa shape index (κ1) is 17.2. The van der Waals surface area contributed by atoms with E-state index in [2.05, 4.69) is 39.5 Å². The van der Waals surface area contributed by atoms with E-state index in [-0.39, 0.29) is 12.6 Å². The van der Waals surface area contributed by atoms with E-state index in [0.29, 0.717) is 12.2 Å². The minimum Gasteiger partial charge on any atom is -0.457 e. The first-order chi connectivity index (χ1) is 12.3. The highest BCUT2D eigenvalue weighted by Gasteiger charge is 2.08. The molecule has 0 unspecified atom stereocenters. The third kappa shape index (κ3) is 4.47. The molecule has 25 heavy (non-hydrogen) atoms. The molecule has 0 atom stereocenters. The summed E-state index contributed by atoms with van der Waals surface area (Å²) >= 11 is 0. The van der Waals surface area contributed by atoms with Crippen molar-refractivity contribution in [3.05, 3.63) is 48.2 Å². The van der Waals surface area contributed by atoms with Gasteiger partial charge in [0.1, 0.15) is 6.33 Å². The van der Waals surface area contributed by atoms with E-state index in [0.717, 1.165) is 32.2 Å². The van der Waals surface area contributed by atoms with Crippen LogP contribution in [0.5, 0.6) is 0 Å². The SMILES string of the molecule is CCn1ncnc1COC(=O)CCCCCc1c[nH]c2ccccc12. The lowest BCUT2D eigenvalue weighted by molar-refractivity contribution is -0.145. The van der Waals surface area contributed by atoms with Gasteiger partial charge in [-0.15, -0.1) is 0 Å². The summed E-state index contributed by atoms with van der Waals surface area (Å²) in [6.45, 7) is 2.90. The Kier molecular flexibility index (Phi) is 5.82. The number of unbranched alkanes of at least 4 members (excludes halogenated alkanes) is 2. The van der Waals surface area contributed by atoms with E-state index in [1.54, 1.807) is 4.68 Å². The number of benzene rings is 1. The van der Waals surface area contributed by atoms with Gasteiger partial charge in [0.15, 0.2) is 12.4 Å². The maximum atomic E-state index is 11.8. The number of esters is 1. The molecule has 0 bridgehead atoms. The van der Waals surface area contributed by atoms with Gasteiger partial charge in [-0.1, -0.05) is 24.6 Å². The van der Waals surface area contributed by atoms with E-state index in [9.17, 15) is 4.79 Å². The second-order valence-corrected chi connectivity index (χ2v) is 6.07. The van der Waals surface area contributed by atoms with Crippen molar-refractivity contribution in [2.75, 3.05) is 0 Å². The topological polar surface area (TPSA) is 72.8 Å². The van der Waals surface area contributed by atoms with E-state index >= 15 is 0 Å². The standard InChI is InChI=1S/C19H24N4O2/c1-2-23-18(21-14-22-23)13-25-19(24)11-5-3-4-8-15-12-20-17-10-7-6-9-16(15)17/h6-7,9-10,12,14,20H,2-5,8,11,13H2,1H3. The normalized spacial score (nSPS) is 11.1. The van der Waals surface area contributed by atoms with Gasteiger partial charge in [-0.2, -0.15) is 5.10 Å². The molecule has 0 saturated heterocycles. The number of aromatic nitrogens is 4. The molecule has 0 radical (unpaired) electrons. The fourth-order valence-electron chi connectivity index (χ4n) is 2.98. The Hall–Kier alpha value is -2.63. The third-order valence-corrected chi connectivity index (χ3v) is 4.36. The number of aryl methyl sites for hydroxylation is 2. The van der Waals surface area contributed by atoms with Gasteiger partial charge in [0, 0.05) is 30.1 Å². The Morgan fingerprint density at radius 2 is 2.12 bits per heavy atom. The minimum absolute atomic E-state index is 0.169. The number of nitrogens with zero attached hydrogens (tertiary/aromatic N) is 3. The van der Waals surface area contributed by atoms with Crippen LogP contribution in [-0.2, 0) is 29.1 Å². The zero-order chi connectivity index (χ0) is 17.5. The molecule has 0 aliphatic carbocycles. The van der Waals surface area contributed by atoms with Crippen LogP contribution in [0.4, 0.5) is 0 Å². The number of para-hydroxylation sites is 1. The van der Waals surface area contributed by atoms with Crippen LogP contribution < -0.4 is 0 Å². The van der Waals surface area contributed by atoms with Crippen molar-refractivity contribution in [3.8, 4) is 0 Å². The van der Waals surface area contributed by atoms with Crippen molar-refractivity contribution >= 4 is 16.9 Å². The van der Waals surface area contributed by atoms with Gasteiger partial charge in [0.2, 0.25) is 0 Å². The molecule has 0 amide bonds. The summed E-state index contributed by atoms with van der Waals surface area (Å²) < 4.78 is 7.00. The highest BCUT2D eigenvalue weighted by atomic mass is 16.5. The van der Waals surface area contributed by atoms with Crippen LogP contribution in [0, 0.1) is 0 Å². The van der Waals surface area contributed by atoms with Crippen LogP contribution in [0.15, 0.2) is 36.8 Å². The predicted molar refractivity (Wildman–Crippen MR) is 96.0 cm³/mol. The quantitative estimate of drug-likeness (QED) is 0.477. The highest BCUT2D eigenvalue weighted by molar-refractivity contribution is 5.82. The third-order valence-electron chi connectivity index (χ3n) is 4.36. The lowest BCUT2D eigenvalue weighted by Crippen LogP contribution is -2.09. The van der Waals surface area contributed by atoms with E-state index in [1.165, 1.54) is 22.8 Å². The minimum atomic E-state index is -0.169. The number of rotatable bonds is 9. The van der Waals surface area contributed by atoms with Gasteiger partial charge in [-0.05, 0) is 37.8 Å². The van der Waals surface area contributed by atoms with Crippen molar-refractivity contribution in [2.24, 2.45) is 0 Å². The summed E-state index contributed by atoms with van der Waals surface area (Å²) in [5, 5.41) is 5.35. The van der Waals surface area contributed by atoms with Gasteiger partial charge in [0.05, 0.1) is 0 Å². The Morgan fingerprint density at radius 1 is 1.24 bits per heavy atom. The van der Waals surface area contributed by atoms with Gasteiger partial charge < -0.3 is 9.72 Å². The number of carbonyl (C=O) groups excluding carboxylic acids is 1. The zero-order valence-corrected chi connectivity index (χ0v) is 14.6. The molecule has 2 heterocycles. The molecule has 3 aromatic rings. The van der Waals surface area contributed by atoms with Crippen LogP contribution >= 0.6 is 0 Å². The number of carbonyl (C=O) groups is 1. The van der Waals surface area contributed by atoms with E-state index in [4.69, 9.17) is 4.74 Å². The van der Waals surface area contributed by atoms with Crippen molar-refractivity contribution < 1.29 is 9.53 Å². The first-order valence-electron chi connectivity index (χ1n) is 8.85. The average molecular weight is 340 g/mol. The second kappa shape index (κ2) is 8.46. The van der Waals surface area contributed by atoms with Gasteiger partial charge in [0.25, 0.3) is 0 Å². The lowest BCUT2D eigenvalue weighted by atomic mass is 10.1. The van der Waals surface area contributed by atoms with Gasteiger partial charge >= 0.3 is 5.97 Å². The number of hydrogen-bond donors (Lipinski definition) is 1. The monoisotopic (exact) mass is 340 g/mol. The Labute approximate surface area is 147 Å². The Morgan fingerprint density at radius 3 is 3.00 bits per heavy atom. The van der Waals surface area contributed by atoms with Crippen LogP contribution in [0.3, 0.4) is 0 Å². The number of fused-ring (bicyclic) bond motifs is 1. The van der Waals surface area contributed by atoms with E-state index < -0.39 is 0 Å². The summed E-state index contributed by atoms with van der Waals surface area (Å²) in [6.07, 6.45) is 7.98.